The average molecular weight is 523 g/mol. The largest absolute Gasteiger partial charge is 0.342 e. The van der Waals surface area contributed by atoms with Gasteiger partial charge in [0, 0.05) is 20.5 Å². The van der Waals surface area contributed by atoms with Crippen molar-refractivity contribution in [2.24, 2.45) is 0 Å². The standard InChI is InChI=1S/C24H19BrN4O3S/c1-15-6-2-3-10-19(15)23(30)27-20(13-18-9-5-11-33-18)24(31)26-14-21-28-22(29-32-21)16-7-4-8-17(25)12-16/h2-13H,14H2,1H3,(H,26,31)(H,27,30)/b20-13-. The monoisotopic (exact) mass is 522 g/mol. The number of aryl methyl sites for hydroxylation is 1. The van der Waals surface area contributed by atoms with E-state index in [2.05, 4.69) is 36.7 Å². The van der Waals surface area contributed by atoms with E-state index in [4.69, 9.17) is 4.52 Å². The molecule has 0 aliphatic rings. The zero-order chi connectivity index (χ0) is 23.2. The number of rotatable bonds is 7. The van der Waals surface area contributed by atoms with Crippen molar-refractivity contribution in [3.8, 4) is 11.4 Å². The molecule has 0 aliphatic heterocycles. The van der Waals surface area contributed by atoms with Crippen molar-refractivity contribution < 1.29 is 14.1 Å². The predicted octanol–water partition coefficient (Wildman–Crippen LogP) is 4.96. The van der Waals surface area contributed by atoms with Crippen LogP contribution in [0.3, 0.4) is 0 Å². The second-order valence-electron chi connectivity index (χ2n) is 7.05. The molecule has 2 aromatic heterocycles. The van der Waals surface area contributed by atoms with Crippen LogP contribution in [0.2, 0.25) is 0 Å². The summed E-state index contributed by atoms with van der Waals surface area (Å²) in [7, 11) is 0. The topological polar surface area (TPSA) is 97.1 Å². The molecule has 0 fully saturated rings. The van der Waals surface area contributed by atoms with E-state index in [0.717, 1.165) is 20.5 Å². The lowest BCUT2D eigenvalue weighted by molar-refractivity contribution is -0.118. The third-order valence-electron chi connectivity index (χ3n) is 4.66. The summed E-state index contributed by atoms with van der Waals surface area (Å²) in [5, 5.41) is 11.3. The van der Waals surface area contributed by atoms with Crippen LogP contribution in [0.25, 0.3) is 17.5 Å². The molecule has 9 heteroatoms. The highest BCUT2D eigenvalue weighted by atomic mass is 79.9. The van der Waals surface area contributed by atoms with Gasteiger partial charge in [0.15, 0.2) is 0 Å². The minimum Gasteiger partial charge on any atom is -0.342 e. The third kappa shape index (κ3) is 5.82. The van der Waals surface area contributed by atoms with E-state index in [1.54, 1.807) is 18.2 Å². The number of carbonyl (C=O) groups is 2. The summed E-state index contributed by atoms with van der Waals surface area (Å²) in [6.07, 6.45) is 1.64. The first-order valence-electron chi connectivity index (χ1n) is 9.98. The van der Waals surface area contributed by atoms with Crippen LogP contribution in [0.4, 0.5) is 0 Å². The maximum atomic E-state index is 12.9. The van der Waals surface area contributed by atoms with Crippen molar-refractivity contribution >= 4 is 45.2 Å². The summed E-state index contributed by atoms with van der Waals surface area (Å²) in [6.45, 7) is 1.86. The first-order chi connectivity index (χ1) is 16.0. The summed E-state index contributed by atoms with van der Waals surface area (Å²) >= 11 is 4.87. The maximum absolute atomic E-state index is 12.9. The fourth-order valence-electron chi connectivity index (χ4n) is 3.01. The van der Waals surface area contributed by atoms with Gasteiger partial charge in [0.05, 0.1) is 6.54 Å². The van der Waals surface area contributed by atoms with Gasteiger partial charge in [-0.25, -0.2) is 0 Å². The van der Waals surface area contributed by atoms with Gasteiger partial charge in [-0.15, -0.1) is 11.3 Å². The van der Waals surface area contributed by atoms with Gasteiger partial charge in [-0.2, -0.15) is 4.98 Å². The Bertz CT molecular complexity index is 1310. The normalized spacial score (nSPS) is 11.3. The third-order valence-corrected chi connectivity index (χ3v) is 5.98. The Labute approximate surface area is 202 Å². The van der Waals surface area contributed by atoms with Crippen molar-refractivity contribution in [3.05, 3.63) is 98.1 Å². The van der Waals surface area contributed by atoms with Crippen LogP contribution < -0.4 is 10.6 Å². The highest BCUT2D eigenvalue weighted by Gasteiger charge is 2.17. The molecule has 2 amide bonds. The molecule has 0 saturated carbocycles. The zero-order valence-corrected chi connectivity index (χ0v) is 19.9. The number of thiophene rings is 1. The SMILES string of the molecule is Cc1ccccc1C(=O)N/C(=C\c1cccs1)C(=O)NCc1nc(-c2cccc(Br)c2)no1. The fraction of sp³-hybridized carbons (Fsp3) is 0.0833. The Balaban J connectivity index is 1.48. The Kier molecular flexibility index (Phi) is 7.11. The number of halogens is 1. The minimum absolute atomic E-state index is 0.0157. The lowest BCUT2D eigenvalue weighted by Gasteiger charge is -2.11. The Morgan fingerprint density at radius 2 is 1.97 bits per heavy atom. The van der Waals surface area contributed by atoms with E-state index in [1.165, 1.54) is 11.3 Å². The van der Waals surface area contributed by atoms with Crippen LogP contribution in [0.1, 0.15) is 26.7 Å². The molecule has 2 heterocycles. The van der Waals surface area contributed by atoms with E-state index >= 15 is 0 Å². The summed E-state index contributed by atoms with van der Waals surface area (Å²) in [4.78, 5) is 30.9. The lowest BCUT2D eigenvalue weighted by atomic mass is 10.1. The fourth-order valence-corrected chi connectivity index (χ4v) is 4.07. The first-order valence-corrected chi connectivity index (χ1v) is 11.7. The van der Waals surface area contributed by atoms with Crippen molar-refractivity contribution in [2.75, 3.05) is 0 Å². The summed E-state index contributed by atoms with van der Waals surface area (Å²) < 4.78 is 6.16. The molecule has 0 unspecified atom stereocenters. The van der Waals surface area contributed by atoms with Crippen molar-refractivity contribution in [1.82, 2.24) is 20.8 Å². The molecule has 0 radical (unpaired) electrons. The molecular weight excluding hydrogens is 504 g/mol. The highest BCUT2D eigenvalue weighted by molar-refractivity contribution is 9.10. The van der Waals surface area contributed by atoms with Crippen molar-refractivity contribution in [3.63, 3.8) is 0 Å². The minimum atomic E-state index is -0.465. The van der Waals surface area contributed by atoms with Gasteiger partial charge in [0.2, 0.25) is 11.7 Å². The molecular formula is C24H19BrN4O3S. The van der Waals surface area contributed by atoms with Gasteiger partial charge in [0.25, 0.3) is 11.8 Å². The number of nitrogens with zero attached hydrogens (tertiary/aromatic N) is 2. The molecule has 7 nitrogen and oxygen atoms in total. The van der Waals surface area contributed by atoms with Crippen molar-refractivity contribution in [1.29, 1.82) is 0 Å². The number of amides is 2. The van der Waals surface area contributed by atoms with E-state index in [-0.39, 0.29) is 24.0 Å². The Morgan fingerprint density at radius 1 is 1.12 bits per heavy atom. The first kappa shape index (κ1) is 22.6. The van der Waals surface area contributed by atoms with Crippen LogP contribution in [0.15, 0.2) is 80.7 Å². The molecule has 33 heavy (non-hydrogen) atoms. The Morgan fingerprint density at radius 3 is 2.73 bits per heavy atom. The second kappa shape index (κ2) is 10.4. The molecule has 0 atom stereocenters. The van der Waals surface area contributed by atoms with Gasteiger partial charge in [-0.05, 0) is 48.2 Å². The number of hydrogen-bond donors (Lipinski definition) is 2. The van der Waals surface area contributed by atoms with E-state index in [0.29, 0.717) is 11.4 Å². The predicted molar refractivity (Wildman–Crippen MR) is 130 cm³/mol. The van der Waals surface area contributed by atoms with Crippen LogP contribution >= 0.6 is 27.3 Å². The Hall–Kier alpha value is -3.56. The number of nitrogens with one attached hydrogen (secondary N) is 2. The van der Waals surface area contributed by atoms with Gasteiger partial charge in [-0.3, -0.25) is 9.59 Å². The smallest absolute Gasteiger partial charge is 0.268 e. The summed E-state index contributed by atoms with van der Waals surface area (Å²) in [5.41, 5.74) is 2.22. The molecule has 0 aliphatic carbocycles. The van der Waals surface area contributed by atoms with Gasteiger partial charge >= 0.3 is 0 Å². The van der Waals surface area contributed by atoms with Gasteiger partial charge < -0.3 is 15.2 Å². The number of hydrogen-bond acceptors (Lipinski definition) is 6. The molecule has 166 valence electrons. The molecule has 0 spiro atoms. The second-order valence-corrected chi connectivity index (χ2v) is 8.94. The van der Waals surface area contributed by atoms with E-state index < -0.39 is 5.91 Å². The summed E-state index contributed by atoms with van der Waals surface area (Å²) in [5.74, 6) is -0.157. The van der Waals surface area contributed by atoms with Crippen LogP contribution in [0, 0.1) is 6.92 Å². The van der Waals surface area contributed by atoms with Gasteiger partial charge in [-0.1, -0.05) is 57.5 Å². The molecule has 0 saturated heterocycles. The van der Waals surface area contributed by atoms with Crippen LogP contribution in [-0.2, 0) is 11.3 Å². The molecule has 0 bridgehead atoms. The maximum Gasteiger partial charge on any atom is 0.268 e. The summed E-state index contributed by atoms with van der Waals surface area (Å²) in [6, 6.07) is 18.4. The average Bonchev–Trinajstić information content (AvgIpc) is 3.49. The van der Waals surface area contributed by atoms with Crippen molar-refractivity contribution in [2.45, 2.75) is 13.5 Å². The number of benzene rings is 2. The van der Waals surface area contributed by atoms with E-state index in [9.17, 15) is 9.59 Å². The number of aromatic nitrogens is 2. The lowest BCUT2D eigenvalue weighted by Crippen LogP contribution is -2.34. The zero-order valence-electron chi connectivity index (χ0n) is 17.5. The highest BCUT2D eigenvalue weighted by Crippen LogP contribution is 2.20. The molecule has 2 N–H and O–H groups in total. The quantitative estimate of drug-likeness (QED) is 0.334. The molecule has 4 rings (SSSR count). The van der Waals surface area contributed by atoms with Crippen LogP contribution in [0.5, 0.6) is 0 Å². The van der Waals surface area contributed by atoms with E-state index in [1.807, 2.05) is 60.8 Å². The molecule has 4 aromatic rings. The number of carbonyl (C=O) groups excluding carboxylic acids is 2. The molecule has 2 aromatic carbocycles. The van der Waals surface area contributed by atoms with Gasteiger partial charge in [0.1, 0.15) is 5.70 Å². The van der Waals surface area contributed by atoms with Crippen LogP contribution in [-0.4, -0.2) is 22.0 Å².